The van der Waals surface area contributed by atoms with E-state index in [0.717, 1.165) is 11.1 Å². The second-order valence-electron chi connectivity index (χ2n) is 6.20. The van der Waals surface area contributed by atoms with Crippen molar-refractivity contribution >= 4 is 81.2 Å². The number of hydrogen-bond donors (Lipinski definition) is 1. The van der Waals surface area contributed by atoms with Crippen LogP contribution in [0, 0.1) is 0 Å². The summed E-state index contributed by atoms with van der Waals surface area (Å²) in [7, 11) is 0. The Morgan fingerprint density at radius 3 is 1.80 bits per heavy atom. The van der Waals surface area contributed by atoms with Gasteiger partial charge >= 0.3 is 0 Å². The predicted octanol–water partition coefficient (Wildman–Crippen LogP) is 6.20. The van der Waals surface area contributed by atoms with Gasteiger partial charge in [0.1, 0.15) is 10.0 Å². The Kier molecular flexibility index (Phi) is 12.2. The molecule has 0 spiro atoms. The molecule has 0 saturated carbocycles. The quantitative estimate of drug-likeness (QED) is 0.275. The normalized spacial score (nSPS) is 10.0. The highest BCUT2D eigenvalue weighted by molar-refractivity contribution is 6.42. The maximum Gasteiger partial charge on any atom is 0.287 e. The Hall–Kier alpha value is -1.91. The van der Waals surface area contributed by atoms with Crippen molar-refractivity contribution in [2.45, 2.75) is 12.4 Å². The molecule has 0 aliphatic heterocycles. The highest BCUT2D eigenvalue weighted by atomic mass is 35.5. The molecular weight excluding hydrogens is 604 g/mol. The lowest BCUT2D eigenvalue weighted by Gasteiger charge is -2.06. The van der Waals surface area contributed by atoms with Gasteiger partial charge in [-0.25, -0.2) is 9.78 Å². The minimum atomic E-state index is -0.468. The first-order valence-corrected chi connectivity index (χ1v) is 12.0. The number of aromatic nitrogens is 6. The van der Waals surface area contributed by atoms with E-state index in [2.05, 4.69) is 25.3 Å². The second kappa shape index (κ2) is 14.6. The van der Waals surface area contributed by atoms with Crippen LogP contribution in [0.25, 0.3) is 0 Å². The zero-order valence-corrected chi connectivity index (χ0v) is 22.5. The summed E-state index contributed by atoms with van der Waals surface area (Å²) < 4.78 is 1.19. The van der Waals surface area contributed by atoms with E-state index in [1.165, 1.54) is 23.3 Å². The topological polar surface area (TPSA) is 106 Å². The van der Waals surface area contributed by atoms with Gasteiger partial charge in [0.05, 0.1) is 39.0 Å². The van der Waals surface area contributed by atoms with E-state index in [0.29, 0.717) is 15.9 Å². The molecule has 35 heavy (non-hydrogen) atoms. The molecule has 0 atom stereocenters. The fourth-order valence-corrected chi connectivity index (χ4v) is 3.29. The zero-order valence-electron chi connectivity index (χ0n) is 17.2. The van der Waals surface area contributed by atoms with Crippen molar-refractivity contribution in [3.8, 4) is 0 Å². The minimum Gasteiger partial charge on any atom is -0.266 e. The molecule has 4 aromatic heterocycles. The van der Waals surface area contributed by atoms with Gasteiger partial charge in [0.2, 0.25) is 0 Å². The molecule has 0 radical (unpaired) electrons. The SMILES string of the molecule is ClCc1ccncc1Cl.O=c1[nH]ncc(Cl)c1Cl.O=c1c(Cl)c(Cl)cnn1Cc1ccncc1Cl. The maximum absolute atomic E-state index is 11.7. The summed E-state index contributed by atoms with van der Waals surface area (Å²) in [6, 6.07) is 3.51. The van der Waals surface area contributed by atoms with Crippen molar-refractivity contribution < 1.29 is 0 Å². The Morgan fingerprint density at radius 2 is 1.31 bits per heavy atom. The molecule has 0 bridgehead atoms. The number of hydrogen-bond acceptors (Lipinski definition) is 6. The minimum absolute atomic E-state index is 0.0216. The van der Waals surface area contributed by atoms with Crippen LogP contribution >= 0.6 is 81.2 Å². The summed E-state index contributed by atoms with van der Waals surface area (Å²) in [4.78, 5) is 29.9. The third kappa shape index (κ3) is 8.91. The predicted molar refractivity (Wildman–Crippen MR) is 141 cm³/mol. The van der Waals surface area contributed by atoms with Crippen LogP contribution in [-0.4, -0.2) is 29.9 Å². The van der Waals surface area contributed by atoms with E-state index in [1.54, 1.807) is 30.7 Å². The molecule has 0 unspecified atom stereocenters. The third-order valence-electron chi connectivity index (χ3n) is 3.87. The summed E-state index contributed by atoms with van der Waals surface area (Å²) in [6.07, 6.45) is 8.93. The van der Waals surface area contributed by atoms with Crippen molar-refractivity contribution in [1.29, 1.82) is 0 Å². The smallest absolute Gasteiger partial charge is 0.266 e. The van der Waals surface area contributed by atoms with Gasteiger partial charge in [0.15, 0.2) is 0 Å². The summed E-state index contributed by atoms with van der Waals surface area (Å²) in [5.41, 5.74) is 0.735. The van der Waals surface area contributed by atoms with Crippen LogP contribution in [0.2, 0.25) is 30.1 Å². The average molecular weight is 618 g/mol. The van der Waals surface area contributed by atoms with Crippen LogP contribution in [-0.2, 0) is 12.4 Å². The lowest BCUT2D eigenvalue weighted by molar-refractivity contribution is 0.639. The van der Waals surface area contributed by atoms with Crippen LogP contribution in [0.3, 0.4) is 0 Å². The molecule has 8 nitrogen and oxygen atoms in total. The summed E-state index contributed by atoms with van der Waals surface area (Å²) in [5, 5.41) is 10.7. The maximum atomic E-state index is 11.7. The number of aromatic amines is 1. The number of rotatable bonds is 3. The molecule has 0 amide bonds. The van der Waals surface area contributed by atoms with E-state index >= 15 is 0 Å². The largest absolute Gasteiger partial charge is 0.287 e. The van der Waals surface area contributed by atoms with Crippen LogP contribution < -0.4 is 11.1 Å². The molecule has 1 N–H and O–H groups in total. The molecule has 184 valence electrons. The van der Waals surface area contributed by atoms with E-state index in [9.17, 15) is 9.59 Å². The van der Waals surface area contributed by atoms with E-state index in [1.807, 2.05) is 0 Å². The van der Waals surface area contributed by atoms with Crippen LogP contribution in [0.4, 0.5) is 0 Å². The molecule has 4 rings (SSSR count). The monoisotopic (exact) mass is 614 g/mol. The van der Waals surface area contributed by atoms with Crippen LogP contribution in [0.1, 0.15) is 11.1 Å². The van der Waals surface area contributed by atoms with Gasteiger partial charge in [0, 0.05) is 30.7 Å². The van der Waals surface area contributed by atoms with Crippen molar-refractivity contribution in [2.24, 2.45) is 0 Å². The molecular formula is C20H13Cl7N6O2. The lowest BCUT2D eigenvalue weighted by atomic mass is 10.3. The molecule has 0 aliphatic carbocycles. The fourth-order valence-electron chi connectivity index (χ4n) is 2.13. The Labute approximate surface area is 233 Å². The number of alkyl halides is 1. The van der Waals surface area contributed by atoms with Gasteiger partial charge in [0.25, 0.3) is 11.1 Å². The second-order valence-corrected chi connectivity index (χ2v) is 8.85. The highest BCUT2D eigenvalue weighted by Gasteiger charge is 2.09. The summed E-state index contributed by atoms with van der Waals surface area (Å²) in [5.74, 6) is 0.446. The molecule has 0 saturated heterocycles. The first-order valence-electron chi connectivity index (χ1n) is 9.18. The lowest BCUT2D eigenvalue weighted by Crippen LogP contribution is -2.23. The van der Waals surface area contributed by atoms with Gasteiger partial charge in [-0.15, -0.1) is 11.6 Å². The number of nitrogens with zero attached hydrogens (tertiary/aromatic N) is 5. The standard InChI is InChI=1S/C10H6Cl3N3O.C6H5Cl2N.C4H2Cl2N2O/c11-7-3-14-2-1-6(7)5-16-10(17)9(13)8(12)4-15-16;7-3-5-1-2-9-4-6(5)8;5-2-1-7-8-4(9)3(2)6/h1-4H,5H2;1-2,4H,3H2;1H,(H,8,9). The highest BCUT2D eigenvalue weighted by Crippen LogP contribution is 2.17. The molecule has 15 heteroatoms. The summed E-state index contributed by atoms with van der Waals surface area (Å²) in [6.45, 7) is 0.219. The van der Waals surface area contributed by atoms with E-state index < -0.39 is 11.1 Å². The Morgan fingerprint density at radius 1 is 0.743 bits per heavy atom. The fraction of sp³-hybridized carbons (Fsp3) is 0.100. The van der Waals surface area contributed by atoms with Crippen molar-refractivity contribution in [2.75, 3.05) is 0 Å². The Bertz CT molecular complexity index is 1400. The van der Waals surface area contributed by atoms with Crippen LogP contribution in [0.5, 0.6) is 0 Å². The third-order valence-corrected chi connectivity index (χ3v) is 6.35. The number of pyridine rings is 2. The number of halogens is 7. The molecule has 0 aromatic carbocycles. The average Bonchev–Trinajstić information content (AvgIpc) is 2.85. The summed E-state index contributed by atoms with van der Waals surface area (Å²) >= 11 is 39.3. The van der Waals surface area contributed by atoms with E-state index in [4.69, 9.17) is 81.2 Å². The van der Waals surface area contributed by atoms with Crippen molar-refractivity contribution in [3.05, 3.63) is 111 Å². The van der Waals surface area contributed by atoms with E-state index in [-0.39, 0.29) is 26.6 Å². The van der Waals surface area contributed by atoms with Crippen LogP contribution in [0.15, 0.2) is 58.9 Å². The van der Waals surface area contributed by atoms with Gasteiger partial charge in [-0.1, -0.05) is 69.6 Å². The van der Waals surface area contributed by atoms with Gasteiger partial charge in [-0.3, -0.25) is 19.6 Å². The van der Waals surface area contributed by atoms with Gasteiger partial charge < -0.3 is 0 Å². The first-order chi connectivity index (χ1) is 16.6. The molecule has 4 heterocycles. The zero-order chi connectivity index (χ0) is 26.0. The number of H-pyrrole nitrogens is 1. The molecule has 0 aliphatic rings. The molecule has 4 aromatic rings. The van der Waals surface area contributed by atoms with Gasteiger partial charge in [-0.2, -0.15) is 10.2 Å². The first kappa shape index (κ1) is 29.3. The van der Waals surface area contributed by atoms with Crippen molar-refractivity contribution in [1.82, 2.24) is 29.9 Å². The molecule has 0 fully saturated rings. The number of nitrogens with one attached hydrogen (secondary N) is 1. The Balaban J connectivity index is 0.000000203. The van der Waals surface area contributed by atoms with Crippen molar-refractivity contribution in [3.63, 3.8) is 0 Å². The van der Waals surface area contributed by atoms with Gasteiger partial charge in [-0.05, 0) is 23.3 Å².